The molecule has 0 unspecified atom stereocenters. The van der Waals surface area contributed by atoms with Crippen molar-refractivity contribution in [3.63, 3.8) is 0 Å². The van der Waals surface area contributed by atoms with Crippen molar-refractivity contribution in [2.75, 3.05) is 19.8 Å². The molecule has 0 radical (unpaired) electrons. The third-order valence-electron chi connectivity index (χ3n) is 4.76. The van der Waals surface area contributed by atoms with E-state index in [9.17, 15) is 0 Å². The van der Waals surface area contributed by atoms with E-state index in [1.54, 1.807) is 0 Å². The van der Waals surface area contributed by atoms with Gasteiger partial charge >= 0.3 is 0 Å². The third-order valence-corrected chi connectivity index (χ3v) is 4.76. The standard InChI is InChI=1S/C17H37NO2/c1-6-14-19-17(9-4,10-5)12-15-20-16(7-2,8-3)11-13-18/h6-15,18H2,1-5H3. The molecule has 0 aliphatic carbocycles. The zero-order valence-corrected chi connectivity index (χ0v) is 14.5. The summed E-state index contributed by atoms with van der Waals surface area (Å²) >= 11 is 0. The van der Waals surface area contributed by atoms with E-state index in [1.165, 1.54) is 0 Å². The van der Waals surface area contributed by atoms with E-state index < -0.39 is 0 Å². The second kappa shape index (κ2) is 10.6. The lowest BCUT2D eigenvalue weighted by Gasteiger charge is -2.36. The van der Waals surface area contributed by atoms with E-state index in [0.29, 0.717) is 6.54 Å². The predicted molar refractivity (Wildman–Crippen MR) is 87.1 cm³/mol. The molecule has 20 heavy (non-hydrogen) atoms. The Morgan fingerprint density at radius 3 is 1.55 bits per heavy atom. The Morgan fingerprint density at radius 1 is 0.700 bits per heavy atom. The van der Waals surface area contributed by atoms with Crippen LogP contribution in [0.3, 0.4) is 0 Å². The van der Waals surface area contributed by atoms with E-state index >= 15 is 0 Å². The Morgan fingerprint density at radius 2 is 1.15 bits per heavy atom. The molecule has 0 aliphatic heterocycles. The smallest absolute Gasteiger partial charge is 0.0699 e. The minimum Gasteiger partial charge on any atom is -0.375 e. The zero-order valence-electron chi connectivity index (χ0n) is 14.5. The van der Waals surface area contributed by atoms with Gasteiger partial charge in [0, 0.05) is 6.61 Å². The van der Waals surface area contributed by atoms with Gasteiger partial charge in [-0.05, 0) is 51.5 Å². The molecular formula is C17H37NO2. The van der Waals surface area contributed by atoms with Crippen LogP contribution >= 0.6 is 0 Å². The van der Waals surface area contributed by atoms with Gasteiger partial charge < -0.3 is 15.2 Å². The van der Waals surface area contributed by atoms with Crippen LogP contribution in [0.15, 0.2) is 0 Å². The number of hydrogen-bond acceptors (Lipinski definition) is 3. The van der Waals surface area contributed by atoms with Crippen LogP contribution in [0.5, 0.6) is 0 Å². The van der Waals surface area contributed by atoms with Crippen molar-refractivity contribution < 1.29 is 9.47 Å². The number of ether oxygens (including phenoxy) is 2. The van der Waals surface area contributed by atoms with Crippen molar-refractivity contribution in [3.05, 3.63) is 0 Å². The molecule has 0 atom stereocenters. The van der Waals surface area contributed by atoms with E-state index in [4.69, 9.17) is 15.2 Å². The third kappa shape index (κ3) is 6.11. The fraction of sp³-hybridized carbons (Fsp3) is 1.00. The molecule has 3 nitrogen and oxygen atoms in total. The Labute approximate surface area is 126 Å². The fourth-order valence-corrected chi connectivity index (χ4v) is 2.79. The Balaban J connectivity index is 4.46. The minimum absolute atomic E-state index is 0.00799. The highest BCUT2D eigenvalue weighted by atomic mass is 16.5. The number of hydrogen-bond donors (Lipinski definition) is 1. The number of nitrogens with two attached hydrogens (primary N) is 1. The quantitative estimate of drug-likeness (QED) is 0.549. The molecular weight excluding hydrogens is 250 g/mol. The molecule has 0 aromatic carbocycles. The first-order chi connectivity index (χ1) is 9.57. The molecule has 3 heteroatoms. The van der Waals surface area contributed by atoms with Gasteiger partial charge in [-0.3, -0.25) is 0 Å². The molecule has 0 bridgehead atoms. The van der Waals surface area contributed by atoms with Crippen molar-refractivity contribution in [2.45, 2.75) is 90.8 Å². The van der Waals surface area contributed by atoms with Crippen LogP contribution in [-0.2, 0) is 9.47 Å². The van der Waals surface area contributed by atoms with Crippen LogP contribution in [0.2, 0.25) is 0 Å². The summed E-state index contributed by atoms with van der Waals surface area (Å²) in [6.07, 6.45) is 7.16. The summed E-state index contributed by atoms with van der Waals surface area (Å²) in [5.74, 6) is 0. The summed E-state index contributed by atoms with van der Waals surface area (Å²) in [5, 5.41) is 0. The lowest BCUT2D eigenvalue weighted by molar-refractivity contribution is -0.105. The molecule has 0 aromatic heterocycles. The molecule has 0 amide bonds. The van der Waals surface area contributed by atoms with Gasteiger partial charge in [-0.25, -0.2) is 0 Å². The SMILES string of the molecule is CCCOC(CC)(CC)CCOC(CC)(CC)CCN. The Bertz CT molecular complexity index is 223. The fourth-order valence-electron chi connectivity index (χ4n) is 2.79. The highest BCUT2D eigenvalue weighted by molar-refractivity contribution is 4.81. The average molecular weight is 287 g/mol. The largest absolute Gasteiger partial charge is 0.375 e. The first kappa shape index (κ1) is 19.9. The van der Waals surface area contributed by atoms with Crippen molar-refractivity contribution >= 4 is 0 Å². The van der Waals surface area contributed by atoms with Gasteiger partial charge in [0.2, 0.25) is 0 Å². The summed E-state index contributed by atoms with van der Waals surface area (Å²) in [6.45, 7) is 13.3. The van der Waals surface area contributed by atoms with Crippen molar-refractivity contribution in [1.82, 2.24) is 0 Å². The molecule has 2 N–H and O–H groups in total. The summed E-state index contributed by atoms with van der Waals surface area (Å²) in [5.41, 5.74) is 5.69. The van der Waals surface area contributed by atoms with Crippen LogP contribution < -0.4 is 5.73 Å². The van der Waals surface area contributed by atoms with Gasteiger partial charge in [-0.15, -0.1) is 0 Å². The average Bonchev–Trinajstić information content (AvgIpc) is 2.50. The van der Waals surface area contributed by atoms with Gasteiger partial charge in [0.05, 0.1) is 17.8 Å². The van der Waals surface area contributed by atoms with E-state index in [0.717, 1.165) is 58.2 Å². The molecule has 0 fully saturated rings. The lowest BCUT2D eigenvalue weighted by atomic mass is 9.91. The second-order valence-corrected chi connectivity index (χ2v) is 5.77. The van der Waals surface area contributed by atoms with Crippen LogP contribution in [0.4, 0.5) is 0 Å². The monoisotopic (exact) mass is 287 g/mol. The molecule has 122 valence electrons. The van der Waals surface area contributed by atoms with Crippen molar-refractivity contribution in [1.29, 1.82) is 0 Å². The van der Waals surface area contributed by atoms with Crippen LogP contribution in [0.25, 0.3) is 0 Å². The molecule has 0 saturated heterocycles. The first-order valence-electron chi connectivity index (χ1n) is 8.55. The normalized spacial score (nSPS) is 12.9. The summed E-state index contributed by atoms with van der Waals surface area (Å²) < 4.78 is 12.4. The van der Waals surface area contributed by atoms with Crippen molar-refractivity contribution in [3.8, 4) is 0 Å². The predicted octanol–water partition coefficient (Wildman–Crippen LogP) is 4.29. The Hall–Kier alpha value is -0.120. The van der Waals surface area contributed by atoms with E-state index in [-0.39, 0.29) is 11.2 Å². The molecule has 0 aromatic rings. The highest BCUT2D eigenvalue weighted by Gasteiger charge is 2.30. The highest BCUT2D eigenvalue weighted by Crippen LogP contribution is 2.29. The van der Waals surface area contributed by atoms with Crippen LogP contribution in [0.1, 0.15) is 79.6 Å². The van der Waals surface area contributed by atoms with Gasteiger partial charge in [0.1, 0.15) is 0 Å². The van der Waals surface area contributed by atoms with E-state index in [1.807, 2.05) is 0 Å². The van der Waals surface area contributed by atoms with Gasteiger partial charge in [0.25, 0.3) is 0 Å². The van der Waals surface area contributed by atoms with Crippen LogP contribution in [-0.4, -0.2) is 31.0 Å². The Kier molecular flexibility index (Phi) is 10.5. The molecule has 0 heterocycles. The molecule has 0 saturated carbocycles. The van der Waals surface area contributed by atoms with Gasteiger partial charge in [-0.2, -0.15) is 0 Å². The molecule has 0 rings (SSSR count). The zero-order chi connectivity index (χ0) is 15.5. The molecule has 0 spiro atoms. The van der Waals surface area contributed by atoms with Gasteiger partial charge in [-0.1, -0.05) is 34.6 Å². The summed E-state index contributed by atoms with van der Waals surface area (Å²) in [4.78, 5) is 0. The second-order valence-electron chi connectivity index (χ2n) is 5.77. The lowest BCUT2D eigenvalue weighted by Crippen LogP contribution is -2.38. The maximum atomic E-state index is 6.25. The maximum Gasteiger partial charge on any atom is 0.0699 e. The van der Waals surface area contributed by atoms with Crippen molar-refractivity contribution in [2.24, 2.45) is 5.73 Å². The minimum atomic E-state index is -0.0350. The topological polar surface area (TPSA) is 44.5 Å². The maximum absolute atomic E-state index is 6.25. The summed E-state index contributed by atoms with van der Waals surface area (Å²) in [7, 11) is 0. The van der Waals surface area contributed by atoms with E-state index in [2.05, 4.69) is 34.6 Å². The molecule has 0 aliphatic rings. The van der Waals surface area contributed by atoms with Gasteiger partial charge in [0.15, 0.2) is 0 Å². The summed E-state index contributed by atoms with van der Waals surface area (Å²) in [6, 6.07) is 0. The van der Waals surface area contributed by atoms with Crippen LogP contribution in [0, 0.1) is 0 Å². The first-order valence-corrected chi connectivity index (χ1v) is 8.55. The number of rotatable bonds is 13.